The molecule has 1 aliphatic carbocycles. The Kier molecular flexibility index (Phi) is 1.69. The Morgan fingerprint density at radius 3 is 2.73 bits per heavy atom. The zero-order chi connectivity index (χ0) is 7.73. The Bertz CT molecular complexity index is 226. The Balaban J connectivity index is 2.27. The minimum Gasteiger partial charge on any atom is -0.384 e. The van der Waals surface area contributed by atoms with Gasteiger partial charge in [0, 0.05) is 5.38 Å². The van der Waals surface area contributed by atoms with Crippen molar-refractivity contribution in [2.75, 3.05) is 0 Å². The van der Waals surface area contributed by atoms with Gasteiger partial charge in [0.2, 0.25) is 0 Å². The van der Waals surface area contributed by atoms with Gasteiger partial charge in [0.25, 0.3) is 0 Å². The van der Waals surface area contributed by atoms with E-state index in [-0.39, 0.29) is 0 Å². The van der Waals surface area contributed by atoms with Crippen molar-refractivity contribution in [1.82, 2.24) is 4.98 Å². The van der Waals surface area contributed by atoms with E-state index in [1.807, 2.05) is 5.38 Å². The summed E-state index contributed by atoms with van der Waals surface area (Å²) in [6.45, 7) is 0. The Hall–Kier alpha value is -0.410. The zero-order valence-corrected chi connectivity index (χ0v) is 7.10. The molecule has 1 aliphatic rings. The smallest absolute Gasteiger partial charge is 0.107 e. The third kappa shape index (κ3) is 1.19. The summed E-state index contributed by atoms with van der Waals surface area (Å²) in [5, 5.41) is 11.9. The second-order valence-electron chi connectivity index (χ2n) is 3.11. The molecule has 11 heavy (non-hydrogen) atoms. The molecule has 60 valence electrons. The maximum atomic E-state index is 10.00. The van der Waals surface area contributed by atoms with Crippen LogP contribution in [0.15, 0.2) is 10.9 Å². The highest BCUT2D eigenvalue weighted by molar-refractivity contribution is 7.07. The molecule has 0 spiro atoms. The summed E-state index contributed by atoms with van der Waals surface area (Å²) in [5.74, 6) is 0. The molecule has 2 rings (SSSR count). The Labute approximate surface area is 69.9 Å². The molecule has 0 saturated heterocycles. The van der Waals surface area contributed by atoms with E-state index < -0.39 is 5.60 Å². The van der Waals surface area contributed by atoms with Crippen molar-refractivity contribution in [1.29, 1.82) is 0 Å². The first-order chi connectivity index (χ1) is 5.31. The van der Waals surface area contributed by atoms with Crippen molar-refractivity contribution >= 4 is 11.3 Å². The molecule has 1 aromatic heterocycles. The molecule has 0 aliphatic heterocycles. The summed E-state index contributed by atoms with van der Waals surface area (Å²) in [4.78, 5) is 4.14. The molecule has 1 heterocycles. The van der Waals surface area contributed by atoms with Gasteiger partial charge < -0.3 is 5.11 Å². The van der Waals surface area contributed by atoms with Gasteiger partial charge in [-0.1, -0.05) is 12.8 Å². The molecule has 1 saturated carbocycles. The quantitative estimate of drug-likeness (QED) is 0.696. The molecule has 1 aromatic rings. The molecule has 0 bridgehead atoms. The fourth-order valence-corrected chi connectivity index (χ4v) is 2.30. The van der Waals surface area contributed by atoms with E-state index in [9.17, 15) is 5.11 Å². The molecular weight excluding hydrogens is 158 g/mol. The van der Waals surface area contributed by atoms with Crippen LogP contribution in [-0.2, 0) is 5.60 Å². The first-order valence-corrected chi connectivity index (χ1v) is 4.87. The minimum atomic E-state index is -0.583. The molecule has 1 N–H and O–H groups in total. The molecule has 2 nitrogen and oxygen atoms in total. The van der Waals surface area contributed by atoms with Gasteiger partial charge in [0.1, 0.15) is 5.60 Å². The maximum Gasteiger partial charge on any atom is 0.107 e. The van der Waals surface area contributed by atoms with Crippen LogP contribution in [0.4, 0.5) is 0 Å². The van der Waals surface area contributed by atoms with Crippen LogP contribution in [0.25, 0.3) is 0 Å². The van der Waals surface area contributed by atoms with Gasteiger partial charge in [0.15, 0.2) is 0 Å². The largest absolute Gasteiger partial charge is 0.384 e. The number of hydrogen-bond donors (Lipinski definition) is 1. The van der Waals surface area contributed by atoms with Crippen molar-refractivity contribution in [3.05, 3.63) is 16.6 Å². The standard InChI is InChI=1S/C8H11NOS/c10-8(3-1-2-4-8)7-5-11-6-9-7/h5-6,10H,1-4H2. The van der Waals surface area contributed by atoms with Gasteiger partial charge in [-0.25, -0.2) is 4.98 Å². The van der Waals surface area contributed by atoms with Crippen LogP contribution in [0.1, 0.15) is 31.4 Å². The Morgan fingerprint density at radius 2 is 2.18 bits per heavy atom. The maximum absolute atomic E-state index is 10.00. The van der Waals surface area contributed by atoms with Crippen molar-refractivity contribution in [3.63, 3.8) is 0 Å². The van der Waals surface area contributed by atoms with Crippen LogP contribution in [-0.4, -0.2) is 10.1 Å². The molecule has 0 radical (unpaired) electrons. The van der Waals surface area contributed by atoms with Gasteiger partial charge >= 0.3 is 0 Å². The van der Waals surface area contributed by atoms with E-state index in [4.69, 9.17) is 0 Å². The number of rotatable bonds is 1. The van der Waals surface area contributed by atoms with Gasteiger partial charge in [-0.2, -0.15) is 0 Å². The molecule has 1 fully saturated rings. The van der Waals surface area contributed by atoms with E-state index in [0.717, 1.165) is 31.4 Å². The SMILES string of the molecule is OC1(c2cscn2)CCCC1. The van der Waals surface area contributed by atoms with E-state index >= 15 is 0 Å². The van der Waals surface area contributed by atoms with Gasteiger partial charge in [-0.3, -0.25) is 0 Å². The topological polar surface area (TPSA) is 33.1 Å². The van der Waals surface area contributed by atoms with E-state index in [0.29, 0.717) is 0 Å². The second kappa shape index (κ2) is 2.57. The highest BCUT2D eigenvalue weighted by Crippen LogP contribution is 2.37. The first-order valence-electron chi connectivity index (χ1n) is 3.92. The van der Waals surface area contributed by atoms with Gasteiger partial charge in [0.05, 0.1) is 11.2 Å². The minimum absolute atomic E-state index is 0.583. The lowest BCUT2D eigenvalue weighted by Gasteiger charge is -2.18. The summed E-state index contributed by atoms with van der Waals surface area (Å²) >= 11 is 1.55. The third-order valence-corrected chi connectivity index (χ3v) is 2.93. The van der Waals surface area contributed by atoms with Crippen molar-refractivity contribution in [2.45, 2.75) is 31.3 Å². The molecule has 0 amide bonds. The lowest BCUT2D eigenvalue weighted by Crippen LogP contribution is -2.20. The molecule has 3 heteroatoms. The summed E-state index contributed by atoms with van der Waals surface area (Å²) < 4.78 is 0. The summed E-state index contributed by atoms with van der Waals surface area (Å²) in [5.41, 5.74) is 2.08. The van der Waals surface area contributed by atoms with Crippen LogP contribution in [0.5, 0.6) is 0 Å². The molecule has 0 atom stereocenters. The first kappa shape index (κ1) is 7.25. The molecule has 0 unspecified atom stereocenters. The van der Waals surface area contributed by atoms with Gasteiger partial charge in [-0.15, -0.1) is 11.3 Å². The molecular formula is C8H11NOS. The van der Waals surface area contributed by atoms with Crippen LogP contribution in [0, 0.1) is 0 Å². The Morgan fingerprint density at radius 1 is 1.45 bits per heavy atom. The number of aliphatic hydroxyl groups is 1. The van der Waals surface area contributed by atoms with Crippen molar-refractivity contribution in [2.24, 2.45) is 0 Å². The predicted octanol–water partition coefficient (Wildman–Crippen LogP) is 1.90. The fourth-order valence-electron chi connectivity index (χ4n) is 1.66. The normalized spacial score (nSPS) is 22.3. The number of nitrogens with zero attached hydrogens (tertiary/aromatic N) is 1. The average molecular weight is 169 g/mol. The van der Waals surface area contributed by atoms with Gasteiger partial charge in [-0.05, 0) is 12.8 Å². The average Bonchev–Trinajstić information content (AvgIpc) is 2.55. The van der Waals surface area contributed by atoms with E-state index in [2.05, 4.69) is 4.98 Å². The van der Waals surface area contributed by atoms with Crippen LogP contribution < -0.4 is 0 Å². The summed E-state index contributed by atoms with van der Waals surface area (Å²) in [6.07, 6.45) is 4.04. The number of thiazole rings is 1. The predicted molar refractivity (Wildman–Crippen MR) is 44.5 cm³/mol. The highest BCUT2D eigenvalue weighted by Gasteiger charge is 2.34. The third-order valence-electron chi connectivity index (χ3n) is 2.34. The molecule has 0 aromatic carbocycles. The number of aromatic nitrogens is 1. The number of hydrogen-bond acceptors (Lipinski definition) is 3. The summed E-state index contributed by atoms with van der Waals surface area (Å²) in [6, 6.07) is 0. The van der Waals surface area contributed by atoms with Crippen molar-refractivity contribution < 1.29 is 5.11 Å². The van der Waals surface area contributed by atoms with Crippen molar-refractivity contribution in [3.8, 4) is 0 Å². The van der Waals surface area contributed by atoms with E-state index in [1.165, 1.54) is 0 Å². The van der Waals surface area contributed by atoms with E-state index in [1.54, 1.807) is 16.8 Å². The summed E-state index contributed by atoms with van der Waals surface area (Å²) in [7, 11) is 0. The van der Waals surface area contributed by atoms with Crippen LogP contribution in [0.2, 0.25) is 0 Å². The monoisotopic (exact) mass is 169 g/mol. The highest BCUT2D eigenvalue weighted by atomic mass is 32.1. The second-order valence-corrected chi connectivity index (χ2v) is 3.83. The lowest BCUT2D eigenvalue weighted by atomic mass is 9.99. The lowest BCUT2D eigenvalue weighted by molar-refractivity contribution is 0.0406. The fraction of sp³-hybridized carbons (Fsp3) is 0.625. The van der Waals surface area contributed by atoms with Crippen LogP contribution in [0.3, 0.4) is 0 Å². The van der Waals surface area contributed by atoms with Crippen LogP contribution >= 0.6 is 11.3 Å². The zero-order valence-electron chi connectivity index (χ0n) is 6.29.